The average Bonchev–Trinajstić information content (AvgIpc) is 2.93. The van der Waals surface area contributed by atoms with Gasteiger partial charge in [0, 0.05) is 23.6 Å². The second kappa shape index (κ2) is 2.65. The van der Waals surface area contributed by atoms with Gasteiger partial charge in [-0.1, -0.05) is 31.9 Å². The number of rotatable bonds is 1. The van der Waals surface area contributed by atoms with E-state index in [1.165, 1.54) is 6.42 Å². The van der Waals surface area contributed by atoms with Gasteiger partial charge >= 0.3 is 5.97 Å². The normalized spacial score (nSPS) is 72.1. The SMILES string of the molecule is CC(=O)O[C@@]12[C@@H]3[C@@H](Br)[C@H]4[C@H]5C[C@H]([C@H]([C@H]53)[C@@H]1Br)[C@@H]42. The highest BCUT2D eigenvalue weighted by Gasteiger charge is 2.90. The molecule has 0 aromatic heterocycles. The molecule has 92 valence electrons. The van der Waals surface area contributed by atoms with E-state index in [2.05, 4.69) is 31.9 Å². The summed E-state index contributed by atoms with van der Waals surface area (Å²) in [5, 5.41) is 0. The quantitative estimate of drug-likeness (QED) is 0.530. The van der Waals surface area contributed by atoms with Crippen LogP contribution in [0.3, 0.4) is 0 Å². The zero-order valence-corrected chi connectivity index (χ0v) is 12.6. The highest BCUT2D eigenvalue weighted by molar-refractivity contribution is 9.10. The van der Waals surface area contributed by atoms with E-state index in [1.807, 2.05) is 0 Å². The van der Waals surface area contributed by atoms with Gasteiger partial charge in [-0.05, 0) is 36.0 Å². The summed E-state index contributed by atoms with van der Waals surface area (Å²) in [7, 11) is 0. The van der Waals surface area contributed by atoms with Crippen LogP contribution in [0, 0.1) is 41.4 Å². The summed E-state index contributed by atoms with van der Waals surface area (Å²) in [5.41, 5.74) is -0.155. The third kappa shape index (κ3) is 0.752. The molecule has 0 heterocycles. The summed E-state index contributed by atoms with van der Waals surface area (Å²) in [5.74, 6) is 5.28. The van der Waals surface area contributed by atoms with Gasteiger partial charge in [0.1, 0.15) is 5.60 Å². The molecular formula is C13H14Br2O2. The predicted octanol–water partition coefficient (Wildman–Crippen LogP) is 2.59. The summed E-state index contributed by atoms with van der Waals surface area (Å²) in [4.78, 5) is 12.6. The molecule has 0 amide bonds. The minimum atomic E-state index is -0.155. The number of ether oxygens (including phenoxy) is 1. The first kappa shape index (κ1) is 10.2. The molecule has 17 heavy (non-hydrogen) atoms. The second-order valence-electron chi connectivity index (χ2n) is 6.64. The topological polar surface area (TPSA) is 26.3 Å². The fourth-order valence-electron chi connectivity index (χ4n) is 6.87. The molecule has 6 bridgehead atoms. The monoisotopic (exact) mass is 360 g/mol. The maximum Gasteiger partial charge on any atom is 0.303 e. The molecular weight excluding hydrogens is 348 g/mol. The van der Waals surface area contributed by atoms with Gasteiger partial charge in [-0.25, -0.2) is 0 Å². The van der Waals surface area contributed by atoms with Crippen molar-refractivity contribution in [1.82, 2.24) is 0 Å². The third-order valence-corrected chi connectivity index (χ3v) is 9.11. The molecule has 0 saturated heterocycles. The average molecular weight is 362 g/mol. The van der Waals surface area contributed by atoms with Crippen LogP contribution in [0.2, 0.25) is 0 Å². The molecule has 6 fully saturated rings. The van der Waals surface area contributed by atoms with E-state index in [0.717, 1.165) is 29.6 Å². The van der Waals surface area contributed by atoms with Crippen LogP contribution in [-0.2, 0) is 9.53 Å². The Balaban J connectivity index is 1.74. The molecule has 10 atom stereocenters. The fraction of sp³-hybridized carbons (Fsp3) is 0.923. The molecule has 4 heteroatoms. The Morgan fingerprint density at radius 2 is 1.94 bits per heavy atom. The van der Waals surface area contributed by atoms with Gasteiger partial charge in [-0.15, -0.1) is 0 Å². The molecule has 0 radical (unpaired) electrons. The van der Waals surface area contributed by atoms with E-state index >= 15 is 0 Å². The molecule has 6 aliphatic carbocycles. The largest absolute Gasteiger partial charge is 0.457 e. The lowest BCUT2D eigenvalue weighted by molar-refractivity contribution is -0.167. The smallest absolute Gasteiger partial charge is 0.303 e. The fourth-order valence-corrected chi connectivity index (χ4v) is 9.81. The Labute approximate surface area is 117 Å². The van der Waals surface area contributed by atoms with Crippen molar-refractivity contribution >= 4 is 37.8 Å². The van der Waals surface area contributed by atoms with Crippen molar-refractivity contribution in [3.63, 3.8) is 0 Å². The van der Waals surface area contributed by atoms with E-state index in [4.69, 9.17) is 4.74 Å². The number of carbonyl (C=O) groups excluding carboxylic acids is 1. The number of hydrogen-bond acceptors (Lipinski definition) is 2. The second-order valence-corrected chi connectivity index (χ2v) is 8.68. The van der Waals surface area contributed by atoms with Crippen molar-refractivity contribution in [2.75, 3.05) is 0 Å². The minimum Gasteiger partial charge on any atom is -0.457 e. The van der Waals surface area contributed by atoms with Gasteiger partial charge < -0.3 is 4.74 Å². The Bertz CT molecular complexity index is 449. The van der Waals surface area contributed by atoms with Crippen LogP contribution in [-0.4, -0.2) is 21.2 Å². The lowest BCUT2D eigenvalue weighted by atomic mass is 9.69. The number of esters is 1. The standard InChI is InChI=1S/C13H14Br2O2/c1-3(16)17-13-9-5-2-4-6(7(5)12(13)15)10(13)11(14)8(4)9/h4-12H,2H2,1H3/t4-,5+,6-,7+,8-,9-,10-,11-,12-,13-/m0/s1. The van der Waals surface area contributed by atoms with Crippen molar-refractivity contribution < 1.29 is 9.53 Å². The number of hydrogen-bond donors (Lipinski definition) is 0. The molecule has 0 aromatic rings. The Kier molecular flexibility index (Phi) is 1.60. The Morgan fingerprint density at radius 3 is 2.65 bits per heavy atom. The van der Waals surface area contributed by atoms with Gasteiger partial charge in [0.25, 0.3) is 0 Å². The Morgan fingerprint density at radius 1 is 1.18 bits per heavy atom. The van der Waals surface area contributed by atoms with Crippen molar-refractivity contribution in [3.8, 4) is 0 Å². The highest BCUT2D eigenvalue weighted by Crippen LogP contribution is 2.86. The van der Waals surface area contributed by atoms with Crippen LogP contribution in [0.4, 0.5) is 0 Å². The van der Waals surface area contributed by atoms with Crippen LogP contribution in [0.5, 0.6) is 0 Å². The zero-order valence-electron chi connectivity index (χ0n) is 9.48. The maximum atomic E-state index is 11.5. The van der Waals surface area contributed by atoms with Gasteiger partial charge in [-0.3, -0.25) is 4.79 Å². The maximum absolute atomic E-state index is 11.5. The summed E-state index contributed by atoms with van der Waals surface area (Å²) >= 11 is 7.83. The van der Waals surface area contributed by atoms with E-state index in [-0.39, 0.29) is 11.6 Å². The first-order chi connectivity index (χ1) is 8.09. The molecule has 6 rings (SSSR count). The van der Waals surface area contributed by atoms with Crippen molar-refractivity contribution in [2.45, 2.75) is 28.6 Å². The predicted molar refractivity (Wildman–Crippen MR) is 69.0 cm³/mol. The van der Waals surface area contributed by atoms with Crippen LogP contribution in [0.25, 0.3) is 0 Å². The van der Waals surface area contributed by atoms with Gasteiger partial charge in [-0.2, -0.15) is 0 Å². The van der Waals surface area contributed by atoms with E-state index in [1.54, 1.807) is 6.92 Å². The molecule has 0 aliphatic heterocycles. The van der Waals surface area contributed by atoms with Crippen LogP contribution in [0.1, 0.15) is 13.3 Å². The summed E-state index contributed by atoms with van der Waals surface area (Å²) in [6, 6.07) is 0. The zero-order chi connectivity index (χ0) is 11.7. The molecule has 0 spiro atoms. The summed E-state index contributed by atoms with van der Waals surface area (Å²) < 4.78 is 5.94. The lowest BCUT2D eigenvalue weighted by Crippen LogP contribution is -2.49. The minimum absolute atomic E-state index is 0.0924. The van der Waals surface area contributed by atoms with Crippen molar-refractivity contribution in [1.29, 1.82) is 0 Å². The first-order valence-electron chi connectivity index (χ1n) is 6.56. The summed E-state index contributed by atoms with van der Waals surface area (Å²) in [6.45, 7) is 1.57. The number of alkyl halides is 2. The molecule has 2 nitrogen and oxygen atoms in total. The highest BCUT2D eigenvalue weighted by atomic mass is 79.9. The van der Waals surface area contributed by atoms with Gasteiger partial charge in [0.15, 0.2) is 0 Å². The lowest BCUT2D eigenvalue weighted by Gasteiger charge is -2.41. The third-order valence-electron chi connectivity index (χ3n) is 6.60. The van der Waals surface area contributed by atoms with E-state index < -0.39 is 0 Å². The molecule has 0 unspecified atom stereocenters. The van der Waals surface area contributed by atoms with Gasteiger partial charge in [0.2, 0.25) is 0 Å². The summed E-state index contributed by atoms with van der Waals surface area (Å²) in [6.07, 6.45) is 1.40. The molecule has 6 aliphatic rings. The molecule has 6 saturated carbocycles. The van der Waals surface area contributed by atoms with Crippen LogP contribution < -0.4 is 0 Å². The van der Waals surface area contributed by atoms with E-state index in [0.29, 0.717) is 21.5 Å². The van der Waals surface area contributed by atoms with Crippen molar-refractivity contribution in [2.24, 2.45) is 41.4 Å². The molecule has 0 N–H and O–H groups in total. The van der Waals surface area contributed by atoms with Crippen LogP contribution in [0.15, 0.2) is 0 Å². The van der Waals surface area contributed by atoms with E-state index in [9.17, 15) is 4.79 Å². The first-order valence-corrected chi connectivity index (χ1v) is 8.40. The van der Waals surface area contributed by atoms with Gasteiger partial charge in [0.05, 0.1) is 4.83 Å². The number of halogens is 2. The van der Waals surface area contributed by atoms with Crippen LogP contribution >= 0.6 is 31.9 Å². The molecule has 0 aromatic carbocycles. The Hall–Kier alpha value is 0.430. The van der Waals surface area contributed by atoms with Crippen molar-refractivity contribution in [3.05, 3.63) is 0 Å². The number of carbonyl (C=O) groups is 1.